The van der Waals surface area contributed by atoms with E-state index in [1.54, 1.807) is 6.92 Å². The lowest BCUT2D eigenvalue weighted by Crippen LogP contribution is -2.44. The summed E-state index contributed by atoms with van der Waals surface area (Å²) in [6.07, 6.45) is 0. The number of hydrogen-bond acceptors (Lipinski definition) is 5. The van der Waals surface area contributed by atoms with Crippen LogP contribution >= 0.6 is 0 Å². The maximum absolute atomic E-state index is 13.2. The quantitative estimate of drug-likeness (QED) is 0.586. The summed E-state index contributed by atoms with van der Waals surface area (Å²) < 4.78 is 39.2. The lowest BCUT2D eigenvalue weighted by molar-refractivity contribution is -0.387. The third kappa shape index (κ3) is 4.20. The zero-order chi connectivity index (χ0) is 16.2. The molecular formula is C11H14FN3O5S. The Hall–Kier alpha value is -2.07. The molecule has 0 unspecified atom stereocenters. The first kappa shape index (κ1) is 17.0. The molecule has 0 aliphatic carbocycles. The number of likely N-dealkylation sites (N-methyl/N-ethyl adjacent to an activating group) is 1. The highest BCUT2D eigenvalue weighted by Gasteiger charge is 2.25. The molecule has 2 N–H and O–H groups in total. The topological polar surface area (TPSA) is 118 Å². The molecule has 1 rings (SSSR count). The first-order valence-electron chi connectivity index (χ1n) is 5.93. The van der Waals surface area contributed by atoms with Crippen molar-refractivity contribution in [2.75, 3.05) is 6.54 Å². The van der Waals surface area contributed by atoms with Gasteiger partial charge < -0.3 is 5.32 Å². The summed E-state index contributed by atoms with van der Waals surface area (Å²) in [4.78, 5) is 20.6. The van der Waals surface area contributed by atoms with Gasteiger partial charge in [-0.2, -0.15) is 9.11 Å². The van der Waals surface area contributed by atoms with Crippen LogP contribution in [0.1, 0.15) is 13.8 Å². The number of nitro benzene ring substituents is 1. The summed E-state index contributed by atoms with van der Waals surface area (Å²) in [6.45, 7) is 3.32. The smallest absolute Gasteiger partial charge is 0.306 e. The van der Waals surface area contributed by atoms with E-state index < -0.39 is 43.3 Å². The fourth-order valence-electron chi connectivity index (χ4n) is 1.48. The number of carbonyl (C=O) groups excluding carboxylic acids is 1. The lowest BCUT2D eigenvalue weighted by atomic mass is 10.3. The molecule has 0 saturated heterocycles. The molecule has 0 bridgehead atoms. The van der Waals surface area contributed by atoms with Crippen molar-refractivity contribution >= 4 is 21.6 Å². The van der Waals surface area contributed by atoms with Crippen molar-refractivity contribution in [2.24, 2.45) is 0 Å². The molecule has 21 heavy (non-hydrogen) atoms. The number of nitrogens with zero attached hydrogens (tertiary/aromatic N) is 1. The van der Waals surface area contributed by atoms with Gasteiger partial charge in [-0.25, -0.2) is 8.42 Å². The van der Waals surface area contributed by atoms with E-state index in [9.17, 15) is 27.7 Å². The summed E-state index contributed by atoms with van der Waals surface area (Å²) in [6, 6.07) is 1.10. The van der Waals surface area contributed by atoms with Crippen molar-refractivity contribution in [1.82, 2.24) is 10.0 Å². The molecule has 1 atom stereocenters. The van der Waals surface area contributed by atoms with E-state index in [4.69, 9.17) is 0 Å². The highest BCUT2D eigenvalue weighted by molar-refractivity contribution is 7.89. The summed E-state index contributed by atoms with van der Waals surface area (Å²) in [5.41, 5.74) is -0.955. The van der Waals surface area contributed by atoms with Gasteiger partial charge in [0.15, 0.2) is 0 Å². The van der Waals surface area contributed by atoms with Crippen LogP contribution in [0.25, 0.3) is 0 Å². The van der Waals surface area contributed by atoms with Crippen LogP contribution in [0.5, 0.6) is 0 Å². The Balaban J connectivity index is 3.06. The molecule has 0 heterocycles. The molecule has 0 aromatic heterocycles. The zero-order valence-corrected chi connectivity index (χ0v) is 12.1. The number of nitrogens with one attached hydrogen (secondary N) is 2. The second kappa shape index (κ2) is 6.59. The van der Waals surface area contributed by atoms with E-state index in [-0.39, 0.29) is 0 Å². The number of halogens is 1. The van der Waals surface area contributed by atoms with Crippen molar-refractivity contribution < 1.29 is 22.5 Å². The SMILES string of the molecule is CCNC(=O)[C@H](C)NS(=O)(=O)c1ccc(F)c([N+](=O)[O-])c1. The third-order valence-corrected chi connectivity index (χ3v) is 4.04. The van der Waals surface area contributed by atoms with Gasteiger partial charge >= 0.3 is 5.69 Å². The first-order chi connectivity index (χ1) is 9.69. The summed E-state index contributed by atoms with van der Waals surface area (Å²) >= 11 is 0. The van der Waals surface area contributed by atoms with Crippen LogP contribution in [-0.4, -0.2) is 31.8 Å². The van der Waals surface area contributed by atoms with E-state index in [0.29, 0.717) is 18.7 Å². The van der Waals surface area contributed by atoms with Crippen LogP contribution in [-0.2, 0) is 14.8 Å². The van der Waals surface area contributed by atoms with Crippen molar-refractivity contribution in [3.05, 3.63) is 34.1 Å². The van der Waals surface area contributed by atoms with Crippen molar-refractivity contribution in [3.8, 4) is 0 Å². The van der Waals surface area contributed by atoms with Gasteiger partial charge in [0.25, 0.3) is 0 Å². The van der Waals surface area contributed by atoms with Crippen LogP contribution in [0.4, 0.5) is 10.1 Å². The minimum Gasteiger partial charge on any atom is -0.355 e. The van der Waals surface area contributed by atoms with E-state index in [0.717, 1.165) is 6.07 Å². The van der Waals surface area contributed by atoms with Gasteiger partial charge in [0.1, 0.15) is 0 Å². The molecule has 0 radical (unpaired) electrons. The number of nitro groups is 1. The van der Waals surface area contributed by atoms with Crippen LogP contribution in [0.15, 0.2) is 23.1 Å². The number of rotatable bonds is 6. The molecule has 10 heteroatoms. The summed E-state index contributed by atoms with van der Waals surface area (Å²) in [5, 5.41) is 13.0. The molecule has 0 aliphatic heterocycles. The molecule has 1 amide bonds. The van der Waals surface area contributed by atoms with Crippen molar-refractivity contribution in [2.45, 2.75) is 24.8 Å². The van der Waals surface area contributed by atoms with Crippen LogP contribution < -0.4 is 10.0 Å². The van der Waals surface area contributed by atoms with E-state index in [1.165, 1.54) is 6.92 Å². The number of amides is 1. The lowest BCUT2D eigenvalue weighted by Gasteiger charge is -2.13. The van der Waals surface area contributed by atoms with E-state index >= 15 is 0 Å². The Bertz CT molecular complexity index is 662. The Morgan fingerprint density at radius 3 is 2.62 bits per heavy atom. The van der Waals surface area contributed by atoms with Gasteiger partial charge in [0.05, 0.1) is 15.9 Å². The molecule has 8 nitrogen and oxygen atoms in total. The molecule has 1 aromatic carbocycles. The fraction of sp³-hybridized carbons (Fsp3) is 0.364. The number of sulfonamides is 1. The predicted molar refractivity (Wildman–Crippen MR) is 71.5 cm³/mol. The van der Waals surface area contributed by atoms with Gasteiger partial charge in [-0.15, -0.1) is 0 Å². The van der Waals surface area contributed by atoms with Crippen molar-refractivity contribution in [1.29, 1.82) is 0 Å². The summed E-state index contributed by atoms with van der Waals surface area (Å²) in [5.74, 6) is -1.69. The van der Waals surface area contributed by atoms with Crippen molar-refractivity contribution in [3.63, 3.8) is 0 Å². The number of hydrogen-bond donors (Lipinski definition) is 2. The largest absolute Gasteiger partial charge is 0.355 e. The Labute approximate surface area is 120 Å². The highest BCUT2D eigenvalue weighted by Crippen LogP contribution is 2.21. The third-order valence-electron chi connectivity index (χ3n) is 2.50. The van der Waals surface area contributed by atoms with Gasteiger partial charge in [-0.3, -0.25) is 14.9 Å². The van der Waals surface area contributed by atoms with Crippen LogP contribution in [0.2, 0.25) is 0 Å². The fourth-order valence-corrected chi connectivity index (χ4v) is 2.70. The molecule has 116 valence electrons. The Morgan fingerprint density at radius 2 is 2.10 bits per heavy atom. The minimum absolute atomic E-state index is 0.326. The standard InChI is InChI=1S/C11H14FN3O5S/c1-3-13-11(16)7(2)14-21(19,20)8-4-5-9(12)10(6-8)15(17)18/h4-7,14H,3H2,1-2H3,(H,13,16)/t7-/m0/s1. The van der Waals surface area contributed by atoms with Gasteiger partial charge in [-0.05, 0) is 26.0 Å². The summed E-state index contributed by atoms with van der Waals surface area (Å²) in [7, 11) is -4.18. The van der Waals surface area contributed by atoms with E-state index in [2.05, 4.69) is 10.0 Å². The Kier molecular flexibility index (Phi) is 5.33. The maximum Gasteiger partial charge on any atom is 0.306 e. The average molecular weight is 319 g/mol. The molecular weight excluding hydrogens is 305 g/mol. The monoisotopic (exact) mass is 319 g/mol. The molecule has 0 aliphatic rings. The second-order valence-electron chi connectivity index (χ2n) is 4.11. The maximum atomic E-state index is 13.2. The molecule has 1 aromatic rings. The first-order valence-corrected chi connectivity index (χ1v) is 7.41. The Morgan fingerprint density at radius 1 is 1.48 bits per heavy atom. The normalized spacial score (nSPS) is 12.7. The highest BCUT2D eigenvalue weighted by atomic mass is 32.2. The number of carbonyl (C=O) groups is 1. The van der Waals surface area contributed by atoms with E-state index in [1.807, 2.05) is 0 Å². The van der Waals surface area contributed by atoms with Gasteiger partial charge in [-0.1, -0.05) is 0 Å². The predicted octanol–water partition coefficient (Wildman–Crippen LogP) is 0.537. The number of benzene rings is 1. The van der Waals surface area contributed by atoms with Crippen LogP contribution in [0, 0.1) is 15.9 Å². The molecule has 0 saturated carbocycles. The minimum atomic E-state index is -4.18. The van der Waals surface area contributed by atoms with Crippen LogP contribution in [0.3, 0.4) is 0 Å². The second-order valence-corrected chi connectivity index (χ2v) is 5.82. The molecule has 0 fully saturated rings. The average Bonchev–Trinajstić information content (AvgIpc) is 2.38. The molecule has 0 spiro atoms. The van der Waals surface area contributed by atoms with Gasteiger partial charge in [0.2, 0.25) is 21.7 Å². The van der Waals surface area contributed by atoms with Gasteiger partial charge in [0, 0.05) is 12.6 Å². The zero-order valence-electron chi connectivity index (χ0n) is 11.3.